The van der Waals surface area contributed by atoms with E-state index in [4.69, 9.17) is 10.5 Å². The van der Waals surface area contributed by atoms with Gasteiger partial charge in [0.2, 0.25) is 0 Å². The Labute approximate surface area is 95.6 Å². The van der Waals surface area contributed by atoms with Gasteiger partial charge in [-0.05, 0) is 31.2 Å². The molecule has 2 unspecified atom stereocenters. The molecule has 1 aromatic carbocycles. The second kappa shape index (κ2) is 4.66. The van der Waals surface area contributed by atoms with Gasteiger partial charge < -0.3 is 10.5 Å². The minimum atomic E-state index is -0.439. The van der Waals surface area contributed by atoms with Crippen LogP contribution in [0.3, 0.4) is 0 Å². The molecule has 2 rings (SSSR count). The van der Waals surface area contributed by atoms with Crippen LogP contribution in [0.1, 0.15) is 31.4 Å². The van der Waals surface area contributed by atoms with Gasteiger partial charge in [-0.15, -0.1) is 0 Å². The lowest BCUT2D eigenvalue weighted by Crippen LogP contribution is -2.34. The summed E-state index contributed by atoms with van der Waals surface area (Å²) in [4.78, 5) is 11.7. The van der Waals surface area contributed by atoms with Gasteiger partial charge in [0.15, 0.2) is 0 Å². The number of ether oxygens (including phenoxy) is 1. The summed E-state index contributed by atoms with van der Waals surface area (Å²) in [7, 11) is 0. The highest BCUT2D eigenvalue weighted by atomic mass is 16.5. The van der Waals surface area contributed by atoms with Crippen LogP contribution in [0.4, 0.5) is 0 Å². The summed E-state index contributed by atoms with van der Waals surface area (Å²) in [5, 5.41) is 0. The number of hydrogen-bond acceptors (Lipinski definition) is 3. The van der Waals surface area contributed by atoms with E-state index >= 15 is 0 Å². The van der Waals surface area contributed by atoms with Crippen LogP contribution in [-0.2, 0) is 9.53 Å². The number of hydrogen-bond donors (Lipinski definition) is 1. The van der Waals surface area contributed by atoms with Gasteiger partial charge in [-0.2, -0.15) is 0 Å². The average Bonchev–Trinajstić information content (AvgIpc) is 3.13. The Morgan fingerprint density at radius 2 is 2.00 bits per heavy atom. The van der Waals surface area contributed by atoms with E-state index in [2.05, 4.69) is 0 Å². The molecule has 0 aromatic heterocycles. The summed E-state index contributed by atoms with van der Waals surface area (Å²) in [6, 6.07) is 9.25. The molecule has 0 amide bonds. The van der Waals surface area contributed by atoms with Crippen molar-refractivity contribution in [2.45, 2.75) is 31.9 Å². The molecule has 1 aliphatic rings. The van der Waals surface area contributed by atoms with E-state index in [0.717, 1.165) is 18.4 Å². The van der Waals surface area contributed by atoms with E-state index < -0.39 is 6.04 Å². The molecule has 86 valence electrons. The zero-order chi connectivity index (χ0) is 11.5. The minimum absolute atomic E-state index is 0.224. The van der Waals surface area contributed by atoms with Crippen molar-refractivity contribution in [1.29, 1.82) is 0 Å². The molecule has 1 fully saturated rings. The third-order valence-electron chi connectivity index (χ3n) is 2.96. The summed E-state index contributed by atoms with van der Waals surface area (Å²) < 4.78 is 5.34. The molecule has 3 heteroatoms. The Morgan fingerprint density at radius 1 is 1.38 bits per heavy atom. The second-order valence-corrected chi connectivity index (χ2v) is 4.35. The number of benzene rings is 1. The second-order valence-electron chi connectivity index (χ2n) is 4.35. The summed E-state index contributed by atoms with van der Waals surface area (Å²) in [6.45, 7) is 1.87. The van der Waals surface area contributed by atoms with E-state index in [0.29, 0.717) is 5.92 Å². The normalized spacial score (nSPS) is 18.9. The molecule has 16 heavy (non-hydrogen) atoms. The maximum absolute atomic E-state index is 11.7. The topological polar surface area (TPSA) is 52.3 Å². The van der Waals surface area contributed by atoms with Crippen molar-refractivity contribution in [2.24, 2.45) is 11.7 Å². The Kier molecular flexibility index (Phi) is 3.25. The van der Waals surface area contributed by atoms with Gasteiger partial charge >= 0.3 is 5.97 Å². The molecule has 2 N–H and O–H groups in total. The highest BCUT2D eigenvalue weighted by Gasteiger charge is 2.34. The summed E-state index contributed by atoms with van der Waals surface area (Å²) >= 11 is 0. The molecule has 3 nitrogen and oxygen atoms in total. The van der Waals surface area contributed by atoms with Crippen molar-refractivity contribution in [3.8, 4) is 0 Å². The lowest BCUT2D eigenvalue weighted by Gasteiger charge is -2.16. The number of carbonyl (C=O) groups excluding carboxylic acids is 1. The van der Waals surface area contributed by atoms with E-state index in [1.807, 2.05) is 37.3 Å². The molecule has 0 heterocycles. The molecular formula is C13H17NO2. The largest absolute Gasteiger partial charge is 0.457 e. The Morgan fingerprint density at radius 3 is 2.56 bits per heavy atom. The van der Waals surface area contributed by atoms with Crippen LogP contribution < -0.4 is 5.73 Å². The first kappa shape index (κ1) is 11.1. The molecule has 1 aromatic rings. The minimum Gasteiger partial charge on any atom is -0.457 e. The first-order valence-corrected chi connectivity index (χ1v) is 5.69. The fourth-order valence-corrected chi connectivity index (χ4v) is 1.69. The van der Waals surface area contributed by atoms with Crippen molar-refractivity contribution in [1.82, 2.24) is 0 Å². The SMILES string of the molecule is CC(OC(=O)C(N)C1CC1)c1ccccc1. The zero-order valence-corrected chi connectivity index (χ0v) is 9.43. The average molecular weight is 219 g/mol. The van der Waals surface area contributed by atoms with Gasteiger partial charge in [0.1, 0.15) is 12.1 Å². The molecular weight excluding hydrogens is 202 g/mol. The van der Waals surface area contributed by atoms with Crippen LogP contribution in [0.5, 0.6) is 0 Å². The van der Waals surface area contributed by atoms with Crippen LogP contribution in [0.15, 0.2) is 30.3 Å². The number of carbonyl (C=O) groups is 1. The van der Waals surface area contributed by atoms with E-state index in [1.54, 1.807) is 0 Å². The van der Waals surface area contributed by atoms with Gasteiger partial charge in [-0.25, -0.2) is 0 Å². The van der Waals surface area contributed by atoms with Crippen LogP contribution in [0, 0.1) is 5.92 Å². The first-order chi connectivity index (χ1) is 7.68. The first-order valence-electron chi connectivity index (χ1n) is 5.69. The maximum atomic E-state index is 11.7. The van der Waals surface area contributed by atoms with Gasteiger partial charge in [0.25, 0.3) is 0 Å². The zero-order valence-electron chi connectivity index (χ0n) is 9.43. The van der Waals surface area contributed by atoms with Gasteiger partial charge in [-0.3, -0.25) is 4.79 Å². The number of rotatable bonds is 4. The summed E-state index contributed by atoms with van der Waals surface area (Å²) in [6.07, 6.45) is 1.88. The maximum Gasteiger partial charge on any atom is 0.323 e. The van der Waals surface area contributed by atoms with E-state index in [9.17, 15) is 4.79 Å². The van der Waals surface area contributed by atoms with Crippen molar-refractivity contribution in [3.05, 3.63) is 35.9 Å². The Bertz CT molecular complexity index is 359. The summed E-state index contributed by atoms with van der Waals surface area (Å²) in [5.74, 6) is 0.0642. The lowest BCUT2D eigenvalue weighted by molar-refractivity contribution is -0.150. The lowest BCUT2D eigenvalue weighted by atomic mass is 10.1. The quantitative estimate of drug-likeness (QED) is 0.788. The number of esters is 1. The van der Waals surface area contributed by atoms with Gasteiger partial charge in [0, 0.05) is 0 Å². The highest BCUT2D eigenvalue weighted by Crippen LogP contribution is 2.32. The molecule has 0 spiro atoms. The third kappa shape index (κ3) is 2.61. The highest BCUT2D eigenvalue weighted by molar-refractivity contribution is 5.76. The third-order valence-corrected chi connectivity index (χ3v) is 2.96. The van der Waals surface area contributed by atoms with Crippen LogP contribution in [0.25, 0.3) is 0 Å². The van der Waals surface area contributed by atoms with E-state index in [1.165, 1.54) is 0 Å². The molecule has 1 aliphatic carbocycles. The number of nitrogens with two attached hydrogens (primary N) is 1. The smallest absolute Gasteiger partial charge is 0.323 e. The molecule has 0 saturated heterocycles. The van der Waals surface area contributed by atoms with Crippen LogP contribution in [-0.4, -0.2) is 12.0 Å². The fourth-order valence-electron chi connectivity index (χ4n) is 1.69. The monoisotopic (exact) mass is 219 g/mol. The van der Waals surface area contributed by atoms with Crippen LogP contribution >= 0.6 is 0 Å². The predicted molar refractivity (Wildman–Crippen MR) is 61.6 cm³/mol. The molecule has 1 saturated carbocycles. The molecule has 0 radical (unpaired) electrons. The van der Waals surface area contributed by atoms with Crippen molar-refractivity contribution < 1.29 is 9.53 Å². The predicted octanol–water partition coefficient (Wildman–Crippen LogP) is 2.03. The van der Waals surface area contributed by atoms with Crippen molar-refractivity contribution in [3.63, 3.8) is 0 Å². The van der Waals surface area contributed by atoms with Gasteiger partial charge in [0.05, 0.1) is 0 Å². The van der Waals surface area contributed by atoms with Crippen LogP contribution in [0.2, 0.25) is 0 Å². The molecule has 0 bridgehead atoms. The van der Waals surface area contributed by atoms with Crippen molar-refractivity contribution in [2.75, 3.05) is 0 Å². The summed E-state index contributed by atoms with van der Waals surface area (Å²) in [5.41, 5.74) is 6.77. The Balaban J connectivity index is 1.91. The van der Waals surface area contributed by atoms with Gasteiger partial charge in [-0.1, -0.05) is 30.3 Å². The molecule has 0 aliphatic heterocycles. The van der Waals surface area contributed by atoms with E-state index in [-0.39, 0.29) is 12.1 Å². The van der Waals surface area contributed by atoms with Crippen molar-refractivity contribution >= 4 is 5.97 Å². The standard InChI is InChI=1S/C13H17NO2/c1-9(10-5-3-2-4-6-10)16-13(15)12(14)11-7-8-11/h2-6,9,11-12H,7-8,14H2,1H3. The fraction of sp³-hybridized carbons (Fsp3) is 0.462. The molecule has 2 atom stereocenters. The Hall–Kier alpha value is -1.35.